The van der Waals surface area contributed by atoms with Gasteiger partial charge in [0.25, 0.3) is 5.91 Å². The maximum absolute atomic E-state index is 12.4. The van der Waals surface area contributed by atoms with Crippen LogP contribution in [0.4, 0.5) is 0 Å². The summed E-state index contributed by atoms with van der Waals surface area (Å²) in [6.45, 7) is 8.11. The largest absolute Gasteiger partial charge is 0.349 e. The molecule has 21 heavy (non-hydrogen) atoms. The Morgan fingerprint density at radius 3 is 2.71 bits per heavy atom. The van der Waals surface area contributed by atoms with Gasteiger partial charge in [-0.1, -0.05) is 6.92 Å². The molecule has 1 N–H and O–H groups in total. The molecule has 112 valence electrons. The zero-order chi connectivity index (χ0) is 15.1. The molecule has 5 heteroatoms. The third-order valence-electron chi connectivity index (χ3n) is 4.13. The lowest BCUT2D eigenvalue weighted by molar-refractivity contribution is 0.0943. The molecule has 1 aliphatic carbocycles. The molecular weight excluding hydrogens is 282 g/mol. The summed E-state index contributed by atoms with van der Waals surface area (Å²) >= 11 is 1.49. The molecule has 3 rings (SSSR count). The molecule has 0 radical (unpaired) electrons. The lowest BCUT2D eigenvalue weighted by Gasteiger charge is -2.10. The van der Waals surface area contributed by atoms with E-state index in [1.165, 1.54) is 24.2 Å². The van der Waals surface area contributed by atoms with Crippen LogP contribution in [0, 0.1) is 13.8 Å². The molecular formula is C16H21N3OS. The van der Waals surface area contributed by atoms with Crippen molar-refractivity contribution in [2.75, 3.05) is 0 Å². The number of fused-ring (bicyclic) bond motifs is 1. The maximum Gasteiger partial charge on any atom is 0.261 e. The van der Waals surface area contributed by atoms with Crippen molar-refractivity contribution in [3.63, 3.8) is 0 Å². The minimum absolute atomic E-state index is 0.0113. The Morgan fingerprint density at radius 1 is 1.38 bits per heavy atom. The second-order valence-corrected chi connectivity index (χ2v) is 6.96. The van der Waals surface area contributed by atoms with E-state index in [9.17, 15) is 4.79 Å². The van der Waals surface area contributed by atoms with Gasteiger partial charge in [0.15, 0.2) is 0 Å². The fourth-order valence-corrected chi connectivity index (χ4v) is 3.63. The van der Waals surface area contributed by atoms with E-state index >= 15 is 0 Å². The summed E-state index contributed by atoms with van der Waals surface area (Å²) in [4.78, 5) is 23.5. The summed E-state index contributed by atoms with van der Waals surface area (Å²) in [5, 5.41) is 4.09. The summed E-state index contributed by atoms with van der Waals surface area (Å²) in [5.74, 6) is 1.50. The van der Waals surface area contributed by atoms with Crippen molar-refractivity contribution in [3.8, 4) is 0 Å². The Balaban J connectivity index is 2.02. The highest BCUT2D eigenvalue weighted by atomic mass is 32.1. The minimum atomic E-state index is 0.0113. The van der Waals surface area contributed by atoms with Crippen LogP contribution in [0.3, 0.4) is 0 Å². The van der Waals surface area contributed by atoms with Crippen LogP contribution in [0.2, 0.25) is 0 Å². The van der Waals surface area contributed by atoms with Gasteiger partial charge in [0.2, 0.25) is 0 Å². The molecule has 2 aromatic heterocycles. The second kappa shape index (κ2) is 5.37. The van der Waals surface area contributed by atoms with E-state index < -0.39 is 0 Å². The number of hydrogen-bond acceptors (Lipinski definition) is 4. The van der Waals surface area contributed by atoms with Crippen molar-refractivity contribution < 1.29 is 4.79 Å². The summed E-state index contributed by atoms with van der Waals surface area (Å²) in [6, 6.07) is 0.191. The summed E-state index contributed by atoms with van der Waals surface area (Å²) in [5.41, 5.74) is 2.01. The molecule has 0 saturated heterocycles. The third kappa shape index (κ3) is 2.67. The zero-order valence-electron chi connectivity index (χ0n) is 13.0. The normalized spacial score (nSPS) is 16.2. The first-order chi connectivity index (χ1) is 10.0. The summed E-state index contributed by atoms with van der Waals surface area (Å²) < 4.78 is 0. The molecule has 0 aromatic carbocycles. The number of aryl methyl sites for hydroxylation is 2. The van der Waals surface area contributed by atoms with Crippen molar-refractivity contribution in [2.24, 2.45) is 0 Å². The number of nitrogens with zero attached hydrogens (tertiary/aromatic N) is 2. The number of thiophene rings is 1. The van der Waals surface area contributed by atoms with E-state index in [2.05, 4.69) is 22.2 Å². The number of aromatic nitrogens is 2. The predicted octanol–water partition coefficient (Wildman–Crippen LogP) is 3.71. The van der Waals surface area contributed by atoms with E-state index in [4.69, 9.17) is 0 Å². The first kappa shape index (κ1) is 14.4. The van der Waals surface area contributed by atoms with Crippen molar-refractivity contribution >= 4 is 27.5 Å². The van der Waals surface area contributed by atoms with E-state index in [0.717, 1.165) is 38.6 Å². The fourth-order valence-electron chi connectivity index (χ4n) is 2.49. The summed E-state index contributed by atoms with van der Waals surface area (Å²) in [6.07, 6.45) is 3.31. The molecule has 0 spiro atoms. The van der Waals surface area contributed by atoms with E-state index in [-0.39, 0.29) is 11.9 Å². The first-order valence-electron chi connectivity index (χ1n) is 7.59. The molecule has 2 aromatic rings. The zero-order valence-corrected chi connectivity index (χ0v) is 13.8. The highest BCUT2D eigenvalue weighted by Crippen LogP contribution is 2.40. The Labute approximate surface area is 129 Å². The molecule has 1 fully saturated rings. The third-order valence-corrected chi connectivity index (χ3v) is 5.31. The van der Waals surface area contributed by atoms with Gasteiger partial charge in [-0.15, -0.1) is 11.3 Å². The van der Waals surface area contributed by atoms with Crippen molar-refractivity contribution in [1.29, 1.82) is 0 Å². The molecule has 0 bridgehead atoms. The molecule has 1 saturated carbocycles. The van der Waals surface area contributed by atoms with Crippen molar-refractivity contribution in [1.82, 2.24) is 15.3 Å². The number of amides is 1. The molecule has 4 nitrogen and oxygen atoms in total. The Bertz CT molecular complexity index is 703. The lowest BCUT2D eigenvalue weighted by Crippen LogP contribution is -2.31. The van der Waals surface area contributed by atoms with E-state index in [0.29, 0.717) is 5.92 Å². The Hall–Kier alpha value is -1.49. The van der Waals surface area contributed by atoms with Crippen LogP contribution in [0.25, 0.3) is 10.2 Å². The van der Waals surface area contributed by atoms with Crippen LogP contribution < -0.4 is 5.32 Å². The SMILES string of the molecule is CCC(C)NC(=O)c1sc2nc(C3CC3)nc(C)c2c1C. The van der Waals surface area contributed by atoms with Gasteiger partial charge in [0.1, 0.15) is 10.7 Å². The van der Waals surface area contributed by atoms with Gasteiger partial charge in [0, 0.05) is 17.3 Å². The first-order valence-corrected chi connectivity index (χ1v) is 8.41. The average Bonchev–Trinajstić information content (AvgIpc) is 3.23. The van der Waals surface area contributed by atoms with Crippen LogP contribution in [-0.2, 0) is 0 Å². The van der Waals surface area contributed by atoms with Crippen LogP contribution in [-0.4, -0.2) is 21.9 Å². The minimum Gasteiger partial charge on any atom is -0.349 e. The van der Waals surface area contributed by atoms with E-state index in [1.807, 2.05) is 20.8 Å². The summed E-state index contributed by atoms with van der Waals surface area (Å²) in [7, 11) is 0. The van der Waals surface area contributed by atoms with Gasteiger partial charge in [0.05, 0.1) is 10.6 Å². The van der Waals surface area contributed by atoms with Gasteiger partial charge in [-0.2, -0.15) is 0 Å². The van der Waals surface area contributed by atoms with Gasteiger partial charge in [-0.3, -0.25) is 4.79 Å². The molecule has 2 heterocycles. The molecule has 1 aliphatic rings. The number of carbonyl (C=O) groups excluding carboxylic acids is 1. The molecule has 1 amide bonds. The predicted molar refractivity (Wildman–Crippen MR) is 86.1 cm³/mol. The standard InChI is InChI=1S/C16H21N3OS/c1-5-8(2)17-15(20)13-9(3)12-10(4)18-14(11-6-7-11)19-16(12)21-13/h8,11H,5-7H2,1-4H3,(H,17,20). The van der Waals surface area contributed by atoms with Crippen molar-refractivity contribution in [3.05, 3.63) is 22.0 Å². The van der Waals surface area contributed by atoms with Crippen LogP contribution >= 0.6 is 11.3 Å². The number of carbonyl (C=O) groups is 1. The van der Waals surface area contributed by atoms with Gasteiger partial charge in [-0.05, 0) is 45.6 Å². The Kier molecular flexibility index (Phi) is 3.69. The van der Waals surface area contributed by atoms with Gasteiger partial charge < -0.3 is 5.32 Å². The Morgan fingerprint density at radius 2 is 2.10 bits per heavy atom. The highest BCUT2D eigenvalue weighted by molar-refractivity contribution is 7.20. The van der Waals surface area contributed by atoms with Crippen LogP contribution in [0.1, 0.15) is 65.8 Å². The quantitative estimate of drug-likeness (QED) is 0.936. The molecule has 1 atom stereocenters. The smallest absolute Gasteiger partial charge is 0.261 e. The van der Waals surface area contributed by atoms with Crippen LogP contribution in [0.15, 0.2) is 0 Å². The fraction of sp³-hybridized carbons (Fsp3) is 0.562. The van der Waals surface area contributed by atoms with Crippen LogP contribution in [0.5, 0.6) is 0 Å². The topological polar surface area (TPSA) is 54.9 Å². The molecule has 1 unspecified atom stereocenters. The van der Waals surface area contributed by atoms with Gasteiger partial charge >= 0.3 is 0 Å². The second-order valence-electron chi connectivity index (χ2n) is 5.96. The average molecular weight is 303 g/mol. The van der Waals surface area contributed by atoms with Crippen molar-refractivity contribution in [2.45, 2.75) is 58.9 Å². The number of hydrogen-bond donors (Lipinski definition) is 1. The lowest BCUT2D eigenvalue weighted by atomic mass is 10.1. The molecule has 0 aliphatic heterocycles. The number of rotatable bonds is 4. The number of nitrogens with one attached hydrogen (secondary N) is 1. The highest BCUT2D eigenvalue weighted by Gasteiger charge is 2.28. The van der Waals surface area contributed by atoms with Gasteiger partial charge in [-0.25, -0.2) is 9.97 Å². The van der Waals surface area contributed by atoms with E-state index in [1.54, 1.807) is 0 Å². The monoisotopic (exact) mass is 303 g/mol. The maximum atomic E-state index is 12.4.